The van der Waals surface area contributed by atoms with E-state index in [2.05, 4.69) is 4.72 Å². The fourth-order valence-electron chi connectivity index (χ4n) is 1.95. The molecule has 1 fully saturated rings. The van der Waals surface area contributed by atoms with Crippen LogP contribution >= 0.6 is 0 Å². The van der Waals surface area contributed by atoms with Gasteiger partial charge in [-0.1, -0.05) is 6.07 Å². The van der Waals surface area contributed by atoms with Gasteiger partial charge in [0.05, 0.1) is 11.6 Å². The third-order valence-corrected chi connectivity index (χ3v) is 4.59. The van der Waals surface area contributed by atoms with E-state index in [1.807, 2.05) is 6.07 Å². The van der Waals surface area contributed by atoms with Crippen LogP contribution in [-0.2, 0) is 16.8 Å². The summed E-state index contributed by atoms with van der Waals surface area (Å²) in [5, 5.41) is 8.62. The maximum Gasteiger partial charge on any atom is 0.279 e. The minimum Gasteiger partial charge on any atom is -0.207 e. The quantitative estimate of drug-likeness (QED) is 0.900. The van der Waals surface area contributed by atoms with Crippen molar-refractivity contribution in [2.24, 2.45) is 0 Å². The second kappa shape index (κ2) is 5.65. The normalized spacial score (nSPS) is 16.4. The van der Waals surface area contributed by atoms with Gasteiger partial charge >= 0.3 is 0 Å². The Morgan fingerprint density at radius 3 is 2.63 bits per heavy atom. The number of nitrogens with zero attached hydrogens (tertiary/aromatic N) is 2. The van der Waals surface area contributed by atoms with Gasteiger partial charge in [0.1, 0.15) is 5.82 Å². The van der Waals surface area contributed by atoms with Gasteiger partial charge in [0.2, 0.25) is 0 Å². The van der Waals surface area contributed by atoms with E-state index in [1.165, 1.54) is 16.4 Å². The van der Waals surface area contributed by atoms with Crippen molar-refractivity contribution in [2.45, 2.75) is 19.4 Å². The van der Waals surface area contributed by atoms with E-state index in [0.29, 0.717) is 13.1 Å². The summed E-state index contributed by atoms with van der Waals surface area (Å²) in [7, 11) is -3.54. The Morgan fingerprint density at radius 1 is 1.37 bits per heavy atom. The molecule has 0 bridgehead atoms. The van der Waals surface area contributed by atoms with Crippen molar-refractivity contribution in [1.29, 1.82) is 5.26 Å². The van der Waals surface area contributed by atoms with Crippen LogP contribution in [0.25, 0.3) is 0 Å². The molecule has 102 valence electrons. The summed E-state index contributed by atoms with van der Waals surface area (Å²) in [6, 6.07) is 5.80. The average molecular weight is 283 g/mol. The lowest BCUT2D eigenvalue weighted by molar-refractivity contribution is 0.463. The van der Waals surface area contributed by atoms with Gasteiger partial charge in [-0.05, 0) is 25.0 Å². The number of hydrogen-bond acceptors (Lipinski definition) is 3. The predicted molar refractivity (Wildman–Crippen MR) is 67.7 cm³/mol. The highest BCUT2D eigenvalue weighted by Crippen LogP contribution is 2.13. The fourth-order valence-corrected chi connectivity index (χ4v) is 3.21. The molecule has 0 aromatic heterocycles. The lowest BCUT2D eigenvalue weighted by Crippen LogP contribution is -2.38. The Hall–Kier alpha value is -1.49. The van der Waals surface area contributed by atoms with Crippen LogP contribution in [0.4, 0.5) is 4.39 Å². The first-order valence-electron chi connectivity index (χ1n) is 5.96. The van der Waals surface area contributed by atoms with Crippen LogP contribution in [0.3, 0.4) is 0 Å². The lowest BCUT2D eigenvalue weighted by atomic mass is 10.1. The van der Waals surface area contributed by atoms with Crippen molar-refractivity contribution in [3.05, 3.63) is 35.1 Å². The van der Waals surface area contributed by atoms with E-state index in [1.54, 1.807) is 0 Å². The largest absolute Gasteiger partial charge is 0.279 e. The molecule has 1 heterocycles. The summed E-state index contributed by atoms with van der Waals surface area (Å²) < 4.78 is 41.1. The Balaban J connectivity index is 2.04. The van der Waals surface area contributed by atoms with Crippen molar-refractivity contribution in [2.75, 3.05) is 13.1 Å². The van der Waals surface area contributed by atoms with Gasteiger partial charge < -0.3 is 0 Å². The molecule has 1 aliphatic heterocycles. The molecule has 1 N–H and O–H groups in total. The van der Waals surface area contributed by atoms with Crippen LogP contribution in [0.1, 0.15) is 24.0 Å². The SMILES string of the molecule is N#Cc1ccc(CNS(=O)(=O)N2CCCC2)c(F)c1. The molecule has 0 saturated carbocycles. The summed E-state index contributed by atoms with van der Waals surface area (Å²) in [6.07, 6.45) is 1.71. The molecule has 0 unspecified atom stereocenters. The number of nitrogens with one attached hydrogen (secondary N) is 1. The number of nitriles is 1. The van der Waals surface area contributed by atoms with Crippen molar-refractivity contribution < 1.29 is 12.8 Å². The Kier molecular flexibility index (Phi) is 4.14. The second-order valence-electron chi connectivity index (χ2n) is 4.35. The number of hydrogen-bond donors (Lipinski definition) is 1. The molecule has 0 atom stereocenters. The molecule has 1 saturated heterocycles. The van der Waals surface area contributed by atoms with Gasteiger partial charge in [0.25, 0.3) is 10.2 Å². The predicted octanol–water partition coefficient (Wildman–Crippen LogP) is 1.13. The van der Waals surface area contributed by atoms with Gasteiger partial charge in [-0.15, -0.1) is 0 Å². The highest BCUT2D eigenvalue weighted by Gasteiger charge is 2.24. The molecule has 2 rings (SSSR count). The highest BCUT2D eigenvalue weighted by molar-refractivity contribution is 7.87. The Bertz CT molecular complexity index is 604. The third-order valence-electron chi connectivity index (χ3n) is 3.03. The maximum absolute atomic E-state index is 13.6. The number of benzene rings is 1. The van der Waals surface area contributed by atoms with Crippen molar-refractivity contribution in [3.63, 3.8) is 0 Å². The van der Waals surface area contributed by atoms with Gasteiger partial charge in [-0.25, -0.2) is 4.39 Å². The van der Waals surface area contributed by atoms with Gasteiger partial charge in [0, 0.05) is 25.2 Å². The lowest BCUT2D eigenvalue weighted by Gasteiger charge is -2.16. The number of rotatable bonds is 4. The van der Waals surface area contributed by atoms with E-state index in [4.69, 9.17) is 5.26 Å². The molecule has 7 heteroatoms. The van der Waals surface area contributed by atoms with E-state index in [9.17, 15) is 12.8 Å². The van der Waals surface area contributed by atoms with Crippen molar-refractivity contribution in [3.8, 4) is 6.07 Å². The first-order chi connectivity index (χ1) is 9.03. The van der Waals surface area contributed by atoms with Gasteiger partial charge in [0.15, 0.2) is 0 Å². The summed E-state index contributed by atoms with van der Waals surface area (Å²) in [4.78, 5) is 0. The monoisotopic (exact) mass is 283 g/mol. The molecule has 0 spiro atoms. The Labute approximate surface area is 111 Å². The minimum absolute atomic E-state index is 0.115. The molecule has 1 aromatic carbocycles. The van der Waals surface area contributed by atoms with Crippen LogP contribution in [0.5, 0.6) is 0 Å². The molecule has 0 radical (unpaired) electrons. The molecule has 19 heavy (non-hydrogen) atoms. The van der Waals surface area contributed by atoms with Gasteiger partial charge in [-0.2, -0.15) is 22.7 Å². The van der Waals surface area contributed by atoms with Crippen LogP contribution in [-0.4, -0.2) is 25.8 Å². The molecular weight excluding hydrogens is 269 g/mol. The second-order valence-corrected chi connectivity index (χ2v) is 6.11. The van der Waals surface area contributed by atoms with Gasteiger partial charge in [-0.3, -0.25) is 0 Å². The fraction of sp³-hybridized carbons (Fsp3) is 0.417. The molecule has 0 amide bonds. The number of halogens is 1. The third kappa shape index (κ3) is 3.29. The van der Waals surface area contributed by atoms with E-state index in [0.717, 1.165) is 18.9 Å². The van der Waals surface area contributed by atoms with E-state index < -0.39 is 16.0 Å². The smallest absolute Gasteiger partial charge is 0.207 e. The highest BCUT2D eigenvalue weighted by atomic mass is 32.2. The zero-order valence-corrected chi connectivity index (χ0v) is 11.1. The van der Waals surface area contributed by atoms with Crippen LogP contribution in [0, 0.1) is 17.1 Å². The summed E-state index contributed by atoms with van der Waals surface area (Å²) >= 11 is 0. The zero-order chi connectivity index (χ0) is 13.9. The maximum atomic E-state index is 13.6. The van der Waals surface area contributed by atoms with E-state index >= 15 is 0 Å². The minimum atomic E-state index is -3.54. The van der Waals surface area contributed by atoms with Crippen LogP contribution < -0.4 is 4.72 Å². The van der Waals surface area contributed by atoms with Crippen molar-refractivity contribution in [1.82, 2.24) is 9.03 Å². The summed E-state index contributed by atoms with van der Waals surface area (Å²) in [6.45, 7) is 0.896. The first-order valence-corrected chi connectivity index (χ1v) is 7.40. The topological polar surface area (TPSA) is 73.2 Å². The Morgan fingerprint density at radius 2 is 2.05 bits per heavy atom. The molecule has 1 aliphatic rings. The van der Waals surface area contributed by atoms with Crippen molar-refractivity contribution >= 4 is 10.2 Å². The van der Waals surface area contributed by atoms with E-state index in [-0.39, 0.29) is 17.7 Å². The molecule has 1 aromatic rings. The van der Waals surface area contributed by atoms with Crippen LogP contribution in [0.15, 0.2) is 18.2 Å². The molecule has 0 aliphatic carbocycles. The zero-order valence-electron chi connectivity index (χ0n) is 10.3. The first kappa shape index (κ1) is 13.9. The molecule has 5 nitrogen and oxygen atoms in total. The summed E-state index contributed by atoms with van der Waals surface area (Å²) in [5.41, 5.74) is 0.436. The standard InChI is InChI=1S/C12H14FN3O2S/c13-12-7-10(8-14)3-4-11(12)9-15-19(17,18)16-5-1-2-6-16/h3-4,7,15H,1-2,5-6,9H2. The summed E-state index contributed by atoms with van der Waals surface area (Å²) in [5.74, 6) is -0.580. The molecular formula is C12H14FN3O2S. The average Bonchev–Trinajstić information content (AvgIpc) is 2.92. The van der Waals surface area contributed by atoms with Crippen LogP contribution in [0.2, 0.25) is 0 Å².